The molecule has 2 N–H and O–H groups in total. The molecule has 0 bridgehead atoms. The molecule has 2 rings (SSSR count). The quantitative estimate of drug-likeness (QED) is 0.650. The van der Waals surface area contributed by atoms with Crippen molar-refractivity contribution in [3.8, 4) is 0 Å². The van der Waals surface area contributed by atoms with Crippen LogP contribution in [-0.4, -0.2) is 17.5 Å². The molecule has 100 valence electrons. The Morgan fingerprint density at radius 3 is 1.21 bits per heavy atom. The summed E-state index contributed by atoms with van der Waals surface area (Å²) in [7, 11) is -4.67. The minimum absolute atomic E-state index is 0.872. The van der Waals surface area contributed by atoms with Crippen LogP contribution < -0.4 is 0 Å². The van der Waals surface area contributed by atoms with Crippen LogP contribution in [-0.2, 0) is 10.4 Å². The molecule has 0 aliphatic carbocycles. The number of hydrogen-bond donors (Lipinski definition) is 2. The van der Waals surface area contributed by atoms with E-state index in [-0.39, 0.29) is 0 Å². The van der Waals surface area contributed by atoms with E-state index in [2.05, 4.69) is 10.2 Å². The Balaban J connectivity index is 0.000000312. The van der Waals surface area contributed by atoms with Crippen molar-refractivity contribution in [3.63, 3.8) is 0 Å². The van der Waals surface area contributed by atoms with Crippen molar-refractivity contribution in [2.75, 3.05) is 0 Å². The third kappa shape index (κ3) is 8.61. The third-order valence-electron chi connectivity index (χ3n) is 1.79. The van der Waals surface area contributed by atoms with Crippen LogP contribution in [0, 0.1) is 0 Å². The van der Waals surface area contributed by atoms with Crippen molar-refractivity contribution in [2.45, 2.75) is 0 Å². The molecule has 0 aliphatic rings. The normalized spacial score (nSPS) is 10.8. The molecule has 6 nitrogen and oxygen atoms in total. The molecule has 0 fully saturated rings. The summed E-state index contributed by atoms with van der Waals surface area (Å²) in [4.78, 5) is 0. The average molecular weight is 280 g/mol. The van der Waals surface area contributed by atoms with E-state index in [1.165, 1.54) is 0 Å². The SMILES string of the molecule is O=S(=O)(O)O.c1ccc(N=Nc2ccccc2)cc1. The highest BCUT2D eigenvalue weighted by Crippen LogP contribution is 2.16. The summed E-state index contributed by atoms with van der Waals surface area (Å²) in [6.07, 6.45) is 0. The molecule has 0 aliphatic heterocycles. The number of benzene rings is 2. The van der Waals surface area contributed by atoms with Gasteiger partial charge in [-0.05, 0) is 24.3 Å². The smallest absolute Gasteiger partial charge is 0.264 e. The van der Waals surface area contributed by atoms with Gasteiger partial charge in [0.2, 0.25) is 0 Å². The summed E-state index contributed by atoms with van der Waals surface area (Å²) < 4.78 is 31.6. The molecule has 0 atom stereocenters. The van der Waals surface area contributed by atoms with Crippen molar-refractivity contribution in [1.29, 1.82) is 0 Å². The molecule has 0 saturated carbocycles. The third-order valence-corrected chi connectivity index (χ3v) is 1.79. The molecule has 2 aromatic carbocycles. The molecule has 0 saturated heterocycles. The standard InChI is InChI=1S/C12H10N2.H2O4S/c1-3-7-11(8-4-1)13-14-12-9-5-2-6-10-12;1-5(2,3)4/h1-10H;(H2,1,2,3,4). The first-order valence-corrected chi connectivity index (χ1v) is 6.56. The van der Waals surface area contributed by atoms with Crippen molar-refractivity contribution >= 4 is 21.8 Å². The van der Waals surface area contributed by atoms with Gasteiger partial charge in [0.1, 0.15) is 0 Å². The van der Waals surface area contributed by atoms with Crippen molar-refractivity contribution in [2.24, 2.45) is 10.2 Å². The first-order valence-electron chi connectivity index (χ1n) is 5.17. The molecular formula is C12H12N2O4S. The average Bonchev–Trinajstić information content (AvgIpc) is 2.37. The Morgan fingerprint density at radius 1 is 0.684 bits per heavy atom. The summed E-state index contributed by atoms with van der Waals surface area (Å²) in [6, 6.07) is 19.4. The van der Waals surface area contributed by atoms with Gasteiger partial charge in [0, 0.05) is 0 Å². The maximum Gasteiger partial charge on any atom is 0.394 e. The lowest BCUT2D eigenvalue weighted by molar-refractivity contribution is 0.381. The van der Waals surface area contributed by atoms with E-state index in [1.807, 2.05) is 60.7 Å². The highest BCUT2D eigenvalue weighted by molar-refractivity contribution is 7.79. The van der Waals surface area contributed by atoms with Gasteiger partial charge in [0.05, 0.1) is 11.4 Å². The molecule has 19 heavy (non-hydrogen) atoms. The molecule has 0 spiro atoms. The minimum atomic E-state index is -4.67. The summed E-state index contributed by atoms with van der Waals surface area (Å²) >= 11 is 0. The second kappa shape index (κ2) is 7.37. The molecule has 7 heteroatoms. The Labute approximate surface area is 111 Å². The molecule has 0 heterocycles. The van der Waals surface area contributed by atoms with Crippen molar-refractivity contribution in [3.05, 3.63) is 60.7 Å². The van der Waals surface area contributed by atoms with E-state index in [0.29, 0.717) is 0 Å². The van der Waals surface area contributed by atoms with Crippen LogP contribution in [0.1, 0.15) is 0 Å². The van der Waals surface area contributed by atoms with Gasteiger partial charge in [-0.3, -0.25) is 9.11 Å². The zero-order valence-corrected chi connectivity index (χ0v) is 10.6. The summed E-state index contributed by atoms with van der Waals surface area (Å²) in [5.74, 6) is 0. The Hall–Kier alpha value is -2.09. The lowest BCUT2D eigenvalue weighted by Gasteiger charge is -1.91. The van der Waals surface area contributed by atoms with Crippen LogP contribution in [0.5, 0.6) is 0 Å². The Bertz CT molecular complexity index is 563. The van der Waals surface area contributed by atoms with Gasteiger partial charge in [-0.25, -0.2) is 0 Å². The first-order chi connectivity index (χ1) is 8.95. The molecule has 0 unspecified atom stereocenters. The number of nitrogens with zero attached hydrogens (tertiary/aromatic N) is 2. The second-order valence-electron chi connectivity index (χ2n) is 3.32. The van der Waals surface area contributed by atoms with E-state index in [9.17, 15) is 0 Å². The minimum Gasteiger partial charge on any atom is -0.264 e. The first kappa shape index (κ1) is 15.0. The van der Waals surface area contributed by atoms with Crippen LogP contribution in [0.3, 0.4) is 0 Å². The van der Waals surface area contributed by atoms with Crippen molar-refractivity contribution in [1.82, 2.24) is 0 Å². The molecule has 2 aromatic rings. The summed E-state index contributed by atoms with van der Waals surface area (Å²) in [6.45, 7) is 0. The van der Waals surface area contributed by atoms with E-state index >= 15 is 0 Å². The fourth-order valence-electron chi connectivity index (χ4n) is 1.10. The Morgan fingerprint density at radius 2 is 0.947 bits per heavy atom. The summed E-state index contributed by atoms with van der Waals surface area (Å²) in [5.41, 5.74) is 1.74. The van der Waals surface area contributed by atoms with Gasteiger partial charge in [-0.1, -0.05) is 36.4 Å². The fraction of sp³-hybridized carbons (Fsp3) is 0. The van der Waals surface area contributed by atoms with Gasteiger partial charge < -0.3 is 0 Å². The van der Waals surface area contributed by atoms with Gasteiger partial charge in [-0.2, -0.15) is 18.6 Å². The van der Waals surface area contributed by atoms with Crippen LogP contribution >= 0.6 is 0 Å². The van der Waals surface area contributed by atoms with E-state index in [1.54, 1.807) is 0 Å². The molecule has 0 aromatic heterocycles. The van der Waals surface area contributed by atoms with Crippen LogP contribution in [0.2, 0.25) is 0 Å². The molecule has 0 amide bonds. The highest BCUT2D eigenvalue weighted by atomic mass is 32.3. The van der Waals surface area contributed by atoms with E-state index < -0.39 is 10.4 Å². The highest BCUT2D eigenvalue weighted by Gasteiger charge is 1.86. The lowest BCUT2D eigenvalue weighted by Crippen LogP contribution is -1.89. The van der Waals surface area contributed by atoms with Gasteiger partial charge in [-0.15, -0.1) is 0 Å². The number of rotatable bonds is 2. The lowest BCUT2D eigenvalue weighted by atomic mass is 10.3. The topological polar surface area (TPSA) is 99.3 Å². The Kier molecular flexibility index (Phi) is 5.80. The maximum atomic E-state index is 8.74. The van der Waals surface area contributed by atoms with Crippen LogP contribution in [0.25, 0.3) is 0 Å². The van der Waals surface area contributed by atoms with Crippen molar-refractivity contribution < 1.29 is 17.5 Å². The van der Waals surface area contributed by atoms with Crippen LogP contribution in [0.15, 0.2) is 70.9 Å². The predicted octanol–water partition coefficient (Wildman–Crippen LogP) is 3.45. The molecular weight excluding hydrogens is 268 g/mol. The predicted molar refractivity (Wildman–Crippen MR) is 71.2 cm³/mol. The zero-order valence-electron chi connectivity index (χ0n) is 9.79. The monoisotopic (exact) mass is 280 g/mol. The second-order valence-corrected chi connectivity index (χ2v) is 4.21. The van der Waals surface area contributed by atoms with Crippen LogP contribution in [0.4, 0.5) is 11.4 Å². The number of hydrogen-bond acceptors (Lipinski definition) is 4. The maximum absolute atomic E-state index is 8.74. The molecule has 0 radical (unpaired) electrons. The van der Waals surface area contributed by atoms with E-state index in [4.69, 9.17) is 17.5 Å². The number of azo groups is 1. The van der Waals surface area contributed by atoms with Gasteiger partial charge >= 0.3 is 10.4 Å². The largest absolute Gasteiger partial charge is 0.394 e. The van der Waals surface area contributed by atoms with E-state index in [0.717, 1.165) is 11.4 Å². The zero-order chi connectivity index (χ0) is 14.1. The summed E-state index contributed by atoms with van der Waals surface area (Å²) in [5, 5.41) is 8.20. The fourth-order valence-corrected chi connectivity index (χ4v) is 1.10. The van der Waals surface area contributed by atoms with Gasteiger partial charge in [0.15, 0.2) is 0 Å². The van der Waals surface area contributed by atoms with Gasteiger partial charge in [0.25, 0.3) is 0 Å².